The summed E-state index contributed by atoms with van der Waals surface area (Å²) in [5, 5.41) is 11.1. The molecule has 3 rings (SSSR count). The number of ether oxygens (including phenoxy) is 1. The highest BCUT2D eigenvalue weighted by atomic mass is 32.1. The minimum absolute atomic E-state index is 0.205. The van der Waals surface area contributed by atoms with Crippen LogP contribution in [0.3, 0.4) is 0 Å². The van der Waals surface area contributed by atoms with Crippen molar-refractivity contribution in [3.05, 3.63) is 71.2 Å². The predicted molar refractivity (Wildman–Crippen MR) is 123 cm³/mol. The van der Waals surface area contributed by atoms with E-state index in [1.165, 1.54) is 11.3 Å². The van der Waals surface area contributed by atoms with Gasteiger partial charge < -0.3 is 20.7 Å². The van der Waals surface area contributed by atoms with Gasteiger partial charge in [-0.3, -0.25) is 9.59 Å². The van der Waals surface area contributed by atoms with Gasteiger partial charge >= 0.3 is 0 Å². The largest absolute Gasteiger partial charge is 0.497 e. The molecule has 0 radical (unpaired) electrons. The molecule has 0 spiro atoms. The lowest BCUT2D eigenvalue weighted by Gasteiger charge is -2.18. The van der Waals surface area contributed by atoms with Crippen molar-refractivity contribution in [2.75, 3.05) is 19.0 Å². The number of hydrogen-bond acceptors (Lipinski definition) is 6. The zero-order valence-corrected chi connectivity index (χ0v) is 18.4. The summed E-state index contributed by atoms with van der Waals surface area (Å²) < 4.78 is 5.22. The summed E-state index contributed by atoms with van der Waals surface area (Å²) in [6, 6.07) is 16.4. The number of nitrogens with zero attached hydrogens (tertiary/aromatic N) is 1. The minimum Gasteiger partial charge on any atom is -0.497 e. The van der Waals surface area contributed by atoms with Gasteiger partial charge in [-0.05, 0) is 24.1 Å². The highest BCUT2D eigenvalue weighted by Crippen LogP contribution is 2.24. The maximum Gasteiger partial charge on any atom is 0.271 e. The van der Waals surface area contributed by atoms with E-state index in [1.807, 2.05) is 61.5 Å². The van der Waals surface area contributed by atoms with Crippen molar-refractivity contribution < 1.29 is 14.3 Å². The average Bonchev–Trinajstić information content (AvgIpc) is 3.26. The molecule has 8 heteroatoms. The number of amides is 2. The van der Waals surface area contributed by atoms with Crippen molar-refractivity contribution >= 4 is 34.0 Å². The lowest BCUT2D eigenvalue weighted by Crippen LogP contribution is -2.48. The number of aromatic nitrogens is 1. The van der Waals surface area contributed by atoms with Gasteiger partial charge in [0.2, 0.25) is 5.91 Å². The molecule has 0 bridgehead atoms. The molecule has 31 heavy (non-hydrogen) atoms. The molecular formula is C23H26N4O3S. The van der Waals surface area contributed by atoms with Crippen LogP contribution in [0, 0.1) is 0 Å². The van der Waals surface area contributed by atoms with Crippen LogP contribution in [-0.4, -0.2) is 36.5 Å². The molecule has 3 aromatic rings. The quantitative estimate of drug-likeness (QED) is 0.448. The van der Waals surface area contributed by atoms with Gasteiger partial charge in [-0.2, -0.15) is 0 Å². The first-order valence-corrected chi connectivity index (χ1v) is 11.0. The van der Waals surface area contributed by atoms with Crippen molar-refractivity contribution in [1.82, 2.24) is 15.6 Å². The summed E-state index contributed by atoms with van der Waals surface area (Å²) in [6.07, 6.45) is 1.23. The van der Waals surface area contributed by atoms with Crippen molar-refractivity contribution in [3.63, 3.8) is 0 Å². The summed E-state index contributed by atoms with van der Waals surface area (Å²) in [5.41, 5.74) is 2.04. The molecule has 0 aliphatic rings. The van der Waals surface area contributed by atoms with Gasteiger partial charge in [0.15, 0.2) is 5.13 Å². The summed E-state index contributed by atoms with van der Waals surface area (Å²) in [4.78, 5) is 29.8. The predicted octanol–water partition coefficient (Wildman–Crippen LogP) is 3.76. The molecule has 0 aliphatic heterocycles. The number of benzene rings is 2. The lowest BCUT2D eigenvalue weighted by atomic mass is 10.0. The second kappa shape index (κ2) is 11.1. The van der Waals surface area contributed by atoms with Gasteiger partial charge in [-0.25, -0.2) is 4.98 Å². The van der Waals surface area contributed by atoms with Crippen LogP contribution in [0.15, 0.2) is 60.0 Å². The molecule has 2 aromatic carbocycles. The fourth-order valence-electron chi connectivity index (χ4n) is 2.92. The Labute approximate surface area is 185 Å². The van der Waals surface area contributed by atoms with Gasteiger partial charge in [0.25, 0.3) is 5.91 Å². The van der Waals surface area contributed by atoms with Gasteiger partial charge in [0, 0.05) is 30.1 Å². The average molecular weight is 439 g/mol. The maximum atomic E-state index is 12.8. The highest BCUT2D eigenvalue weighted by Gasteiger charge is 2.23. The van der Waals surface area contributed by atoms with Crippen molar-refractivity contribution in [1.29, 1.82) is 0 Å². The number of nitrogens with one attached hydrogen (secondary N) is 3. The van der Waals surface area contributed by atoms with Crippen molar-refractivity contribution in [2.24, 2.45) is 0 Å². The van der Waals surface area contributed by atoms with E-state index in [0.29, 0.717) is 18.1 Å². The normalized spacial score (nSPS) is 11.4. The Morgan fingerprint density at radius 2 is 1.94 bits per heavy atom. The van der Waals surface area contributed by atoms with Crippen LogP contribution in [0.4, 0.5) is 10.8 Å². The summed E-state index contributed by atoms with van der Waals surface area (Å²) in [5.74, 6) is 0.132. The Balaban J connectivity index is 1.68. The SMILES string of the molecule is CCCNC(=O)C(Cc1ccccc1)NC(=O)c1csc(Nc2cccc(OC)c2)n1. The van der Waals surface area contributed by atoms with Crippen LogP contribution >= 0.6 is 11.3 Å². The number of carbonyl (C=O) groups excluding carboxylic acids is 2. The smallest absolute Gasteiger partial charge is 0.271 e. The molecule has 0 fully saturated rings. The molecule has 1 heterocycles. The second-order valence-electron chi connectivity index (χ2n) is 6.90. The first-order valence-electron chi connectivity index (χ1n) is 10.1. The van der Waals surface area contributed by atoms with E-state index in [9.17, 15) is 9.59 Å². The minimum atomic E-state index is -0.682. The molecule has 1 aromatic heterocycles. The molecule has 0 aliphatic carbocycles. The monoisotopic (exact) mass is 438 g/mol. The molecule has 7 nitrogen and oxygen atoms in total. The van der Waals surface area contributed by atoms with Gasteiger partial charge in [-0.15, -0.1) is 11.3 Å². The van der Waals surface area contributed by atoms with E-state index in [-0.39, 0.29) is 17.5 Å². The van der Waals surface area contributed by atoms with E-state index < -0.39 is 6.04 Å². The van der Waals surface area contributed by atoms with Crippen LogP contribution in [0.2, 0.25) is 0 Å². The zero-order chi connectivity index (χ0) is 22.1. The molecular weight excluding hydrogens is 412 g/mol. The van der Waals surface area contributed by atoms with E-state index >= 15 is 0 Å². The number of thiazole rings is 1. The fourth-order valence-corrected chi connectivity index (χ4v) is 3.63. The molecule has 0 saturated heterocycles. The molecule has 162 valence electrons. The van der Waals surface area contributed by atoms with Crippen LogP contribution in [0.25, 0.3) is 0 Å². The Morgan fingerprint density at radius 1 is 1.13 bits per heavy atom. The number of rotatable bonds is 10. The molecule has 2 amide bonds. The van der Waals surface area contributed by atoms with Crippen molar-refractivity contribution in [3.8, 4) is 5.75 Å². The maximum absolute atomic E-state index is 12.8. The topological polar surface area (TPSA) is 92.4 Å². The van der Waals surface area contributed by atoms with Crippen LogP contribution < -0.4 is 20.7 Å². The Hall–Kier alpha value is -3.39. The molecule has 0 saturated carbocycles. The summed E-state index contributed by atoms with van der Waals surface area (Å²) in [6.45, 7) is 2.54. The first kappa shape index (κ1) is 22.3. The van der Waals surface area contributed by atoms with Crippen LogP contribution in [-0.2, 0) is 11.2 Å². The second-order valence-corrected chi connectivity index (χ2v) is 7.76. The third-order valence-electron chi connectivity index (χ3n) is 4.51. The van der Waals surface area contributed by atoms with E-state index in [1.54, 1.807) is 12.5 Å². The van der Waals surface area contributed by atoms with Gasteiger partial charge in [0.1, 0.15) is 17.5 Å². The highest BCUT2D eigenvalue weighted by molar-refractivity contribution is 7.14. The lowest BCUT2D eigenvalue weighted by molar-refractivity contribution is -0.122. The molecule has 3 N–H and O–H groups in total. The van der Waals surface area contributed by atoms with Crippen molar-refractivity contribution in [2.45, 2.75) is 25.8 Å². The van der Waals surface area contributed by atoms with E-state index in [0.717, 1.165) is 23.4 Å². The van der Waals surface area contributed by atoms with Gasteiger partial charge in [0.05, 0.1) is 7.11 Å². The van der Waals surface area contributed by atoms with Gasteiger partial charge in [-0.1, -0.05) is 43.3 Å². The number of methoxy groups -OCH3 is 1. The fraction of sp³-hybridized carbons (Fsp3) is 0.261. The Morgan fingerprint density at radius 3 is 2.68 bits per heavy atom. The summed E-state index contributed by atoms with van der Waals surface area (Å²) in [7, 11) is 1.60. The third-order valence-corrected chi connectivity index (χ3v) is 5.27. The van der Waals surface area contributed by atoms with E-state index in [2.05, 4.69) is 20.9 Å². The molecule has 1 unspecified atom stereocenters. The summed E-state index contributed by atoms with van der Waals surface area (Å²) >= 11 is 1.32. The first-order chi connectivity index (χ1) is 15.1. The number of anilines is 2. The number of hydrogen-bond donors (Lipinski definition) is 3. The number of carbonyl (C=O) groups is 2. The zero-order valence-electron chi connectivity index (χ0n) is 17.6. The molecule has 1 atom stereocenters. The van der Waals surface area contributed by atoms with Crippen LogP contribution in [0.5, 0.6) is 5.75 Å². The third kappa shape index (κ3) is 6.55. The standard InChI is InChI=1S/C23H26N4O3S/c1-3-12-24-21(28)19(13-16-8-5-4-6-9-16)26-22(29)20-15-31-23(27-20)25-17-10-7-11-18(14-17)30-2/h4-11,14-15,19H,3,12-13H2,1-2H3,(H,24,28)(H,25,27)(H,26,29). The Bertz CT molecular complexity index is 1010. The van der Waals surface area contributed by atoms with Crippen LogP contribution in [0.1, 0.15) is 29.4 Å². The van der Waals surface area contributed by atoms with E-state index in [4.69, 9.17) is 4.74 Å². The Kier molecular flexibility index (Phi) is 8.00.